The Kier molecular flexibility index (Phi) is 3.24. The summed E-state index contributed by atoms with van der Waals surface area (Å²) in [7, 11) is 0. The Balaban J connectivity index is 2.34. The van der Waals surface area contributed by atoms with E-state index in [1.165, 1.54) is 12.3 Å². The van der Waals surface area contributed by atoms with Crippen LogP contribution in [0.25, 0.3) is 0 Å². The molecule has 1 aromatic rings. The monoisotopic (exact) mass is 224 g/mol. The van der Waals surface area contributed by atoms with Gasteiger partial charge in [0.15, 0.2) is 0 Å². The zero-order valence-electron chi connectivity index (χ0n) is 9.06. The third-order valence-electron chi connectivity index (χ3n) is 3.31. The zero-order chi connectivity index (χ0) is 11.5. The van der Waals surface area contributed by atoms with Gasteiger partial charge < -0.3 is 5.11 Å². The Morgan fingerprint density at radius 2 is 2.12 bits per heavy atom. The average Bonchev–Trinajstić information content (AvgIpc) is 2.29. The molecule has 1 saturated carbocycles. The van der Waals surface area contributed by atoms with Crippen LogP contribution in [-0.2, 0) is 0 Å². The van der Waals surface area contributed by atoms with Crippen LogP contribution in [0.5, 0.6) is 0 Å². The highest BCUT2D eigenvalue weighted by Gasteiger charge is 2.26. The molecule has 0 saturated heterocycles. The number of aliphatic hydroxyl groups excluding tert-OH is 1. The molecule has 88 valence electrons. The second-order valence-electron chi connectivity index (χ2n) is 4.31. The average molecular weight is 224 g/mol. The molecule has 1 fully saturated rings. The quantitative estimate of drug-likeness (QED) is 0.756. The highest BCUT2D eigenvalue weighted by Crippen LogP contribution is 2.32. The van der Waals surface area contributed by atoms with E-state index >= 15 is 0 Å². The lowest BCUT2D eigenvalue weighted by atomic mass is 9.85. The van der Waals surface area contributed by atoms with Gasteiger partial charge in [-0.05, 0) is 12.8 Å². The molecule has 16 heavy (non-hydrogen) atoms. The Morgan fingerprint density at radius 1 is 1.38 bits per heavy atom. The van der Waals surface area contributed by atoms with Gasteiger partial charge in [-0.3, -0.25) is 14.3 Å². The van der Waals surface area contributed by atoms with Gasteiger partial charge in [0, 0.05) is 30.8 Å². The van der Waals surface area contributed by atoms with Crippen LogP contribution < -0.4 is 11.2 Å². The minimum absolute atomic E-state index is 0.0168. The van der Waals surface area contributed by atoms with Crippen LogP contribution in [0.1, 0.15) is 31.7 Å². The van der Waals surface area contributed by atoms with Crippen molar-refractivity contribution in [3.63, 3.8) is 0 Å². The lowest BCUT2D eigenvalue weighted by molar-refractivity contribution is 0.135. The second-order valence-corrected chi connectivity index (χ2v) is 4.31. The lowest BCUT2D eigenvalue weighted by Gasteiger charge is -2.31. The number of nitrogens with zero attached hydrogens (tertiary/aromatic N) is 1. The van der Waals surface area contributed by atoms with Crippen molar-refractivity contribution in [3.8, 4) is 0 Å². The Bertz CT molecular complexity index is 463. The molecule has 0 unspecified atom stereocenters. The van der Waals surface area contributed by atoms with Crippen molar-refractivity contribution in [1.82, 2.24) is 9.55 Å². The fourth-order valence-corrected chi connectivity index (χ4v) is 2.46. The van der Waals surface area contributed by atoms with Crippen LogP contribution in [0, 0.1) is 5.92 Å². The maximum atomic E-state index is 11.6. The molecule has 5 nitrogen and oxygen atoms in total. The van der Waals surface area contributed by atoms with Gasteiger partial charge in [0.05, 0.1) is 0 Å². The largest absolute Gasteiger partial charge is 0.396 e. The van der Waals surface area contributed by atoms with E-state index in [0.29, 0.717) is 0 Å². The van der Waals surface area contributed by atoms with Gasteiger partial charge in [0.25, 0.3) is 5.56 Å². The van der Waals surface area contributed by atoms with E-state index < -0.39 is 0 Å². The molecule has 2 rings (SSSR count). The molecule has 1 aromatic heterocycles. The van der Waals surface area contributed by atoms with Crippen molar-refractivity contribution in [3.05, 3.63) is 33.1 Å². The first-order valence-electron chi connectivity index (χ1n) is 5.64. The second kappa shape index (κ2) is 4.65. The number of aromatic amines is 1. The number of hydrogen-bond donors (Lipinski definition) is 2. The molecule has 2 N–H and O–H groups in total. The molecule has 1 aliphatic rings. The van der Waals surface area contributed by atoms with E-state index in [1.54, 1.807) is 4.57 Å². The van der Waals surface area contributed by atoms with E-state index in [-0.39, 0.29) is 29.8 Å². The van der Waals surface area contributed by atoms with Gasteiger partial charge in [-0.15, -0.1) is 0 Å². The summed E-state index contributed by atoms with van der Waals surface area (Å²) in [6, 6.07) is 1.37. The van der Waals surface area contributed by atoms with Gasteiger partial charge in [0.2, 0.25) is 0 Å². The zero-order valence-corrected chi connectivity index (χ0v) is 9.06. The van der Waals surface area contributed by atoms with Crippen LogP contribution in [0.3, 0.4) is 0 Å². The summed E-state index contributed by atoms with van der Waals surface area (Å²) in [6.07, 6.45) is 5.51. The smallest absolute Gasteiger partial charge is 0.328 e. The minimum Gasteiger partial charge on any atom is -0.396 e. The summed E-state index contributed by atoms with van der Waals surface area (Å²) >= 11 is 0. The predicted octanol–water partition coefficient (Wildman–Crippen LogP) is 0.260. The summed E-state index contributed by atoms with van der Waals surface area (Å²) in [6.45, 7) is 0.0935. The first kappa shape index (κ1) is 11.1. The van der Waals surface area contributed by atoms with Crippen molar-refractivity contribution in [2.75, 3.05) is 6.61 Å². The first-order chi connectivity index (χ1) is 7.72. The van der Waals surface area contributed by atoms with Gasteiger partial charge in [-0.2, -0.15) is 0 Å². The van der Waals surface area contributed by atoms with Crippen molar-refractivity contribution in [2.24, 2.45) is 5.92 Å². The van der Waals surface area contributed by atoms with Gasteiger partial charge >= 0.3 is 5.69 Å². The van der Waals surface area contributed by atoms with Crippen molar-refractivity contribution < 1.29 is 5.11 Å². The maximum absolute atomic E-state index is 11.6. The molecule has 5 heteroatoms. The third kappa shape index (κ3) is 2.09. The lowest BCUT2D eigenvalue weighted by Crippen LogP contribution is -2.36. The molecule has 0 amide bonds. The number of nitrogens with one attached hydrogen (secondary N) is 1. The molecule has 1 aliphatic carbocycles. The molecule has 0 radical (unpaired) electrons. The van der Waals surface area contributed by atoms with Gasteiger partial charge in [-0.1, -0.05) is 12.8 Å². The minimum atomic E-state index is -0.377. The maximum Gasteiger partial charge on any atom is 0.328 e. The Labute approximate surface area is 92.7 Å². The fraction of sp³-hybridized carbons (Fsp3) is 0.636. The Hall–Kier alpha value is -1.36. The number of aliphatic hydroxyl groups is 1. The van der Waals surface area contributed by atoms with Crippen molar-refractivity contribution >= 4 is 0 Å². The topological polar surface area (TPSA) is 75.1 Å². The fourth-order valence-electron chi connectivity index (χ4n) is 2.46. The summed E-state index contributed by atoms with van der Waals surface area (Å²) in [4.78, 5) is 24.8. The molecule has 2 atom stereocenters. The molecule has 0 bridgehead atoms. The number of rotatable bonds is 2. The summed E-state index contributed by atoms with van der Waals surface area (Å²) in [5.41, 5.74) is -0.754. The predicted molar refractivity (Wildman–Crippen MR) is 59.4 cm³/mol. The number of H-pyrrole nitrogens is 1. The molecule has 1 heterocycles. The molecule has 0 aromatic carbocycles. The normalized spacial score (nSPS) is 25.6. The summed E-state index contributed by atoms with van der Waals surface area (Å²) < 4.78 is 1.54. The van der Waals surface area contributed by atoms with Crippen LogP contribution in [-0.4, -0.2) is 21.3 Å². The van der Waals surface area contributed by atoms with Crippen molar-refractivity contribution in [2.45, 2.75) is 31.7 Å². The van der Waals surface area contributed by atoms with E-state index in [2.05, 4.69) is 4.98 Å². The van der Waals surface area contributed by atoms with Crippen LogP contribution in [0.15, 0.2) is 21.9 Å². The third-order valence-corrected chi connectivity index (χ3v) is 3.31. The van der Waals surface area contributed by atoms with E-state index in [4.69, 9.17) is 0 Å². The molecular formula is C11H16N2O3. The number of aromatic nitrogens is 2. The highest BCUT2D eigenvalue weighted by molar-refractivity contribution is 4.89. The SMILES string of the molecule is O=c1ccn([C@H]2CCCC[C@@H]2CO)c(=O)[nH]1. The first-order valence-corrected chi connectivity index (χ1v) is 5.64. The molecule has 0 aliphatic heterocycles. The summed E-state index contributed by atoms with van der Waals surface area (Å²) in [5, 5.41) is 9.28. The molecular weight excluding hydrogens is 208 g/mol. The Morgan fingerprint density at radius 3 is 2.81 bits per heavy atom. The number of hydrogen-bond acceptors (Lipinski definition) is 3. The van der Waals surface area contributed by atoms with Gasteiger partial charge in [-0.25, -0.2) is 4.79 Å². The van der Waals surface area contributed by atoms with Crippen LogP contribution in [0.4, 0.5) is 0 Å². The standard InChI is InChI=1S/C11H16N2O3/c14-7-8-3-1-2-4-9(8)13-6-5-10(15)12-11(13)16/h5-6,8-9,14H,1-4,7H2,(H,12,15,16)/t8-,9+/m1/s1. The highest BCUT2D eigenvalue weighted by atomic mass is 16.3. The molecule has 0 spiro atoms. The summed E-state index contributed by atoms with van der Waals surface area (Å²) in [5.74, 6) is 0.123. The van der Waals surface area contributed by atoms with E-state index in [9.17, 15) is 14.7 Å². The van der Waals surface area contributed by atoms with Gasteiger partial charge in [0.1, 0.15) is 0 Å². The van der Waals surface area contributed by atoms with Crippen molar-refractivity contribution in [1.29, 1.82) is 0 Å². The van der Waals surface area contributed by atoms with E-state index in [0.717, 1.165) is 25.7 Å². The van der Waals surface area contributed by atoms with Crippen LogP contribution >= 0.6 is 0 Å². The van der Waals surface area contributed by atoms with Crippen LogP contribution in [0.2, 0.25) is 0 Å². The van der Waals surface area contributed by atoms with E-state index in [1.807, 2.05) is 0 Å².